The molecule has 3 aromatic carbocycles. The van der Waals surface area contributed by atoms with Crippen molar-refractivity contribution in [2.24, 2.45) is 11.5 Å². The number of fused-ring (bicyclic) bond motifs is 1. The Bertz CT molecular complexity index is 1350. The van der Waals surface area contributed by atoms with Gasteiger partial charge in [-0.25, -0.2) is 0 Å². The third-order valence-electron chi connectivity index (χ3n) is 7.34. The smallest absolute Gasteiger partial charge is 0.0486 e. The first-order valence-corrected chi connectivity index (χ1v) is 13.8. The zero-order valence-electron chi connectivity index (χ0n) is 22.4. The van der Waals surface area contributed by atoms with Gasteiger partial charge in [-0.2, -0.15) is 0 Å². The van der Waals surface area contributed by atoms with Gasteiger partial charge < -0.3 is 16.0 Å². The summed E-state index contributed by atoms with van der Waals surface area (Å²) in [5.74, 6) is 0. The summed E-state index contributed by atoms with van der Waals surface area (Å²) in [6.45, 7) is 7.90. The standard InChI is InChI=1S/C30H35Cl2N5.3ClH/c31-28-6-2-7-29(32)27(28)20-36-14-12-35(13-15-36)19-23-8-9-30-25(17-23)26(21-37(30)11-3-10-33)24-5-1-4-22(16-24)18-34;;;/h1-2,4-9,16-17,21H,3,10-15,18-20,33-34H2;3*1H. The molecule has 4 aromatic rings. The van der Waals surface area contributed by atoms with Crippen molar-refractivity contribution in [1.82, 2.24) is 14.4 Å². The van der Waals surface area contributed by atoms with Crippen molar-refractivity contribution in [3.63, 3.8) is 0 Å². The number of rotatable bonds is 9. The molecule has 4 N–H and O–H groups in total. The molecule has 5 nitrogen and oxygen atoms in total. The van der Waals surface area contributed by atoms with E-state index in [1.807, 2.05) is 18.2 Å². The summed E-state index contributed by atoms with van der Waals surface area (Å²) >= 11 is 12.8. The maximum absolute atomic E-state index is 6.40. The molecular weight excluding hydrogens is 608 g/mol. The zero-order chi connectivity index (χ0) is 25.8. The number of nitrogens with zero attached hydrogens (tertiary/aromatic N) is 3. The number of nitrogens with two attached hydrogens (primary N) is 2. The summed E-state index contributed by atoms with van der Waals surface area (Å²) in [7, 11) is 0. The second-order valence-electron chi connectivity index (χ2n) is 9.89. The molecule has 10 heteroatoms. The number of aromatic nitrogens is 1. The molecule has 0 radical (unpaired) electrons. The Morgan fingerprint density at radius 1 is 0.725 bits per heavy atom. The molecule has 5 rings (SSSR count). The van der Waals surface area contributed by atoms with E-state index in [9.17, 15) is 0 Å². The van der Waals surface area contributed by atoms with Gasteiger partial charge in [0.1, 0.15) is 0 Å². The second kappa shape index (κ2) is 16.2. The molecule has 1 saturated heterocycles. The van der Waals surface area contributed by atoms with Gasteiger partial charge in [-0.3, -0.25) is 9.80 Å². The molecule has 0 unspecified atom stereocenters. The van der Waals surface area contributed by atoms with Gasteiger partial charge in [0.15, 0.2) is 0 Å². The summed E-state index contributed by atoms with van der Waals surface area (Å²) in [6.07, 6.45) is 3.23. The molecule has 1 aliphatic heterocycles. The summed E-state index contributed by atoms with van der Waals surface area (Å²) in [6, 6.07) is 21.2. The van der Waals surface area contributed by atoms with Gasteiger partial charge in [0.2, 0.25) is 0 Å². The van der Waals surface area contributed by atoms with Crippen molar-refractivity contribution in [2.75, 3.05) is 32.7 Å². The molecular formula is C30H38Cl5N5. The minimum Gasteiger partial charge on any atom is -0.347 e. The lowest BCUT2D eigenvalue weighted by atomic mass is 10.0. The van der Waals surface area contributed by atoms with Gasteiger partial charge >= 0.3 is 0 Å². The van der Waals surface area contributed by atoms with Crippen molar-refractivity contribution in [2.45, 2.75) is 32.6 Å². The summed E-state index contributed by atoms with van der Waals surface area (Å²) < 4.78 is 2.34. The molecule has 0 spiro atoms. The Morgan fingerprint density at radius 2 is 1.38 bits per heavy atom. The largest absolute Gasteiger partial charge is 0.347 e. The Morgan fingerprint density at radius 3 is 2.02 bits per heavy atom. The first-order valence-electron chi connectivity index (χ1n) is 13.0. The molecule has 218 valence electrons. The van der Waals surface area contributed by atoms with Crippen LogP contribution in [0.1, 0.15) is 23.1 Å². The molecule has 0 bridgehead atoms. The molecule has 1 aliphatic rings. The highest BCUT2D eigenvalue weighted by Crippen LogP contribution is 2.33. The Kier molecular flexibility index (Phi) is 14.1. The molecule has 1 aromatic heterocycles. The molecule has 0 aliphatic carbocycles. The zero-order valence-corrected chi connectivity index (χ0v) is 26.4. The molecule has 0 saturated carbocycles. The predicted octanol–water partition coefficient (Wildman–Crippen LogP) is 7.01. The monoisotopic (exact) mass is 643 g/mol. The highest BCUT2D eigenvalue weighted by Gasteiger charge is 2.20. The van der Waals surface area contributed by atoms with Crippen LogP contribution in [0.4, 0.5) is 0 Å². The van der Waals surface area contributed by atoms with Crippen molar-refractivity contribution >= 4 is 71.3 Å². The fourth-order valence-electron chi connectivity index (χ4n) is 5.26. The Hall–Kier alpha value is -1.51. The lowest BCUT2D eigenvalue weighted by Gasteiger charge is -2.35. The van der Waals surface area contributed by atoms with Crippen molar-refractivity contribution in [3.8, 4) is 11.1 Å². The van der Waals surface area contributed by atoms with Crippen LogP contribution in [-0.2, 0) is 26.2 Å². The second-order valence-corrected chi connectivity index (χ2v) is 10.7. The normalized spacial score (nSPS) is 13.9. The van der Waals surface area contributed by atoms with E-state index in [-0.39, 0.29) is 37.2 Å². The average Bonchev–Trinajstić information content (AvgIpc) is 3.28. The topological polar surface area (TPSA) is 63.5 Å². The molecule has 0 amide bonds. The van der Waals surface area contributed by atoms with Gasteiger partial charge in [-0.05, 0) is 60.0 Å². The van der Waals surface area contributed by atoms with Gasteiger partial charge in [0, 0.05) is 90.6 Å². The minimum atomic E-state index is 0. The third kappa shape index (κ3) is 8.07. The van der Waals surface area contributed by atoms with Crippen LogP contribution in [0.25, 0.3) is 22.0 Å². The van der Waals surface area contributed by atoms with Crippen molar-refractivity contribution < 1.29 is 0 Å². The summed E-state index contributed by atoms with van der Waals surface area (Å²) in [5, 5.41) is 2.78. The van der Waals surface area contributed by atoms with E-state index in [0.29, 0.717) is 13.1 Å². The number of benzene rings is 3. The summed E-state index contributed by atoms with van der Waals surface area (Å²) in [5.41, 5.74) is 19.0. The van der Waals surface area contributed by atoms with E-state index in [1.54, 1.807) is 0 Å². The van der Waals surface area contributed by atoms with Gasteiger partial charge in [0.05, 0.1) is 0 Å². The molecule has 40 heavy (non-hydrogen) atoms. The highest BCUT2D eigenvalue weighted by molar-refractivity contribution is 6.35. The van der Waals surface area contributed by atoms with E-state index >= 15 is 0 Å². The highest BCUT2D eigenvalue weighted by atomic mass is 35.5. The lowest BCUT2D eigenvalue weighted by molar-refractivity contribution is 0.122. The van der Waals surface area contributed by atoms with E-state index < -0.39 is 0 Å². The van der Waals surface area contributed by atoms with Gasteiger partial charge in [0.25, 0.3) is 0 Å². The van der Waals surface area contributed by atoms with Gasteiger partial charge in [-0.15, -0.1) is 37.2 Å². The van der Waals surface area contributed by atoms with Crippen LogP contribution in [0, 0.1) is 0 Å². The number of piperazine rings is 1. The van der Waals surface area contributed by atoms with Crippen LogP contribution < -0.4 is 11.5 Å². The van der Waals surface area contributed by atoms with E-state index in [1.165, 1.54) is 27.6 Å². The fourth-order valence-corrected chi connectivity index (χ4v) is 5.77. The first-order chi connectivity index (χ1) is 18.1. The maximum Gasteiger partial charge on any atom is 0.0486 e. The SMILES string of the molecule is Cl.Cl.Cl.NCCCn1cc(-c2cccc(CN)c2)c2cc(CN3CCN(Cc4c(Cl)cccc4Cl)CC3)ccc21. The molecule has 0 atom stereocenters. The predicted molar refractivity (Wildman–Crippen MR) is 178 cm³/mol. The Labute approximate surface area is 266 Å². The molecule has 2 heterocycles. The van der Waals surface area contributed by atoms with Crippen LogP contribution in [0.5, 0.6) is 0 Å². The Balaban J connectivity index is 0.00000187. The lowest BCUT2D eigenvalue weighted by Crippen LogP contribution is -2.45. The number of aryl methyl sites for hydroxylation is 1. The maximum atomic E-state index is 6.40. The fraction of sp³-hybridized carbons (Fsp3) is 0.333. The van der Waals surface area contributed by atoms with Crippen molar-refractivity contribution in [3.05, 3.63) is 93.6 Å². The van der Waals surface area contributed by atoms with E-state index in [4.69, 9.17) is 34.7 Å². The van der Waals surface area contributed by atoms with Crippen LogP contribution in [-0.4, -0.2) is 47.1 Å². The van der Waals surface area contributed by atoms with Crippen LogP contribution in [0.3, 0.4) is 0 Å². The van der Waals surface area contributed by atoms with Crippen LogP contribution in [0.15, 0.2) is 66.9 Å². The average molecular weight is 646 g/mol. The van der Waals surface area contributed by atoms with Gasteiger partial charge in [-0.1, -0.05) is 53.5 Å². The van der Waals surface area contributed by atoms with Crippen molar-refractivity contribution in [1.29, 1.82) is 0 Å². The number of hydrogen-bond donors (Lipinski definition) is 2. The van der Waals surface area contributed by atoms with Crippen LogP contribution >= 0.6 is 60.4 Å². The number of halogens is 5. The third-order valence-corrected chi connectivity index (χ3v) is 8.05. The summed E-state index contributed by atoms with van der Waals surface area (Å²) in [4.78, 5) is 4.97. The van der Waals surface area contributed by atoms with Crippen LogP contribution in [0.2, 0.25) is 10.0 Å². The van der Waals surface area contributed by atoms with E-state index in [2.05, 4.69) is 63.0 Å². The van der Waals surface area contributed by atoms with E-state index in [0.717, 1.165) is 73.4 Å². The minimum absolute atomic E-state index is 0. The number of hydrogen-bond acceptors (Lipinski definition) is 4. The molecule has 1 fully saturated rings. The first kappa shape index (κ1) is 34.7. The quantitative estimate of drug-likeness (QED) is 0.206.